The van der Waals surface area contributed by atoms with Gasteiger partial charge in [0, 0.05) is 12.5 Å². The van der Waals surface area contributed by atoms with Gasteiger partial charge < -0.3 is 19.5 Å². The van der Waals surface area contributed by atoms with E-state index in [9.17, 15) is 4.39 Å². The normalized spacial score (nSPS) is 23.4. The second-order valence-electron chi connectivity index (χ2n) is 6.22. The summed E-state index contributed by atoms with van der Waals surface area (Å²) in [7, 11) is 0. The van der Waals surface area contributed by atoms with Crippen LogP contribution in [0.4, 0.5) is 4.39 Å². The first kappa shape index (κ1) is 15.4. The van der Waals surface area contributed by atoms with Crippen molar-refractivity contribution in [2.24, 2.45) is 5.92 Å². The van der Waals surface area contributed by atoms with Gasteiger partial charge in [0.15, 0.2) is 11.5 Å². The molecule has 1 N–H and O–H groups in total. The van der Waals surface area contributed by atoms with Crippen molar-refractivity contribution in [3.63, 3.8) is 0 Å². The standard InChI is InChI=1S/C19H20FNO3/c20-15-7-5-13(6-8-15)16-9-10-21-11-14(16)12-22-19-23-17-3-1-2-4-18(17)24-19/h1-8,14,16,19,21H,9-12H2. The van der Waals surface area contributed by atoms with Gasteiger partial charge >= 0.3 is 6.48 Å². The summed E-state index contributed by atoms with van der Waals surface area (Å²) in [5.74, 6) is 1.85. The summed E-state index contributed by atoms with van der Waals surface area (Å²) in [5, 5.41) is 3.40. The summed E-state index contributed by atoms with van der Waals surface area (Å²) in [5.41, 5.74) is 1.16. The van der Waals surface area contributed by atoms with Gasteiger partial charge in [-0.25, -0.2) is 4.39 Å². The third kappa shape index (κ3) is 3.23. The number of hydrogen-bond donors (Lipinski definition) is 1. The fourth-order valence-corrected chi connectivity index (χ4v) is 3.39. The molecule has 2 heterocycles. The van der Waals surface area contributed by atoms with Gasteiger partial charge in [-0.3, -0.25) is 0 Å². The van der Waals surface area contributed by atoms with E-state index in [0.717, 1.165) is 25.1 Å². The lowest BCUT2D eigenvalue weighted by Crippen LogP contribution is -2.39. The Morgan fingerprint density at radius 3 is 2.46 bits per heavy atom. The van der Waals surface area contributed by atoms with E-state index in [-0.39, 0.29) is 5.82 Å². The molecule has 2 atom stereocenters. The fraction of sp³-hybridized carbons (Fsp3) is 0.368. The lowest BCUT2D eigenvalue weighted by molar-refractivity contribution is -0.185. The van der Waals surface area contributed by atoms with Crippen LogP contribution >= 0.6 is 0 Å². The topological polar surface area (TPSA) is 39.7 Å². The smallest absolute Gasteiger partial charge is 0.361 e. The molecule has 2 aliphatic heterocycles. The molecule has 2 aromatic carbocycles. The van der Waals surface area contributed by atoms with Crippen LogP contribution in [0, 0.1) is 11.7 Å². The molecule has 0 spiro atoms. The summed E-state index contributed by atoms with van der Waals surface area (Å²) in [4.78, 5) is 0. The van der Waals surface area contributed by atoms with Crippen LogP contribution in [0.5, 0.6) is 11.5 Å². The maximum Gasteiger partial charge on any atom is 0.361 e. The molecule has 0 bridgehead atoms. The van der Waals surface area contributed by atoms with Crippen LogP contribution in [-0.2, 0) is 4.74 Å². The number of benzene rings is 2. The highest BCUT2D eigenvalue weighted by Gasteiger charge is 2.30. The number of fused-ring (bicyclic) bond motifs is 1. The Hall–Kier alpha value is -2.11. The molecular weight excluding hydrogens is 309 g/mol. The number of piperidine rings is 1. The molecular formula is C19H20FNO3. The van der Waals surface area contributed by atoms with Crippen molar-refractivity contribution >= 4 is 0 Å². The van der Waals surface area contributed by atoms with E-state index in [4.69, 9.17) is 14.2 Å². The van der Waals surface area contributed by atoms with Gasteiger partial charge in [0.1, 0.15) is 5.82 Å². The van der Waals surface area contributed by atoms with Crippen molar-refractivity contribution in [2.45, 2.75) is 18.8 Å². The molecule has 0 amide bonds. The molecule has 24 heavy (non-hydrogen) atoms. The molecule has 0 aromatic heterocycles. The molecule has 1 fully saturated rings. The Kier molecular flexibility index (Phi) is 4.36. The Bertz CT molecular complexity index is 666. The molecule has 2 aromatic rings. The minimum absolute atomic E-state index is 0.203. The van der Waals surface area contributed by atoms with Crippen LogP contribution in [0.25, 0.3) is 0 Å². The van der Waals surface area contributed by atoms with Crippen LogP contribution in [0.3, 0.4) is 0 Å². The number of rotatable bonds is 4. The second-order valence-corrected chi connectivity index (χ2v) is 6.22. The van der Waals surface area contributed by atoms with E-state index in [2.05, 4.69) is 5.32 Å². The largest absolute Gasteiger partial charge is 0.428 e. The third-order valence-electron chi connectivity index (χ3n) is 4.65. The van der Waals surface area contributed by atoms with Crippen molar-refractivity contribution in [3.05, 3.63) is 59.9 Å². The zero-order chi connectivity index (χ0) is 16.4. The zero-order valence-corrected chi connectivity index (χ0v) is 13.3. The predicted octanol–water partition coefficient (Wildman–Crippen LogP) is 3.29. The summed E-state index contributed by atoms with van der Waals surface area (Å²) in [6, 6.07) is 14.3. The molecule has 1 saturated heterocycles. The summed E-state index contributed by atoms with van der Waals surface area (Å²) in [6.45, 7) is 1.65. The van der Waals surface area contributed by atoms with Gasteiger partial charge in [-0.15, -0.1) is 0 Å². The lowest BCUT2D eigenvalue weighted by Gasteiger charge is -2.32. The minimum atomic E-state index is -0.696. The van der Waals surface area contributed by atoms with Gasteiger partial charge in [-0.1, -0.05) is 24.3 Å². The van der Waals surface area contributed by atoms with Gasteiger partial charge in [0.25, 0.3) is 0 Å². The maximum atomic E-state index is 13.2. The summed E-state index contributed by atoms with van der Waals surface area (Å²) in [6.07, 6.45) is 1.01. The molecule has 4 rings (SSSR count). The lowest BCUT2D eigenvalue weighted by atomic mass is 9.81. The van der Waals surface area contributed by atoms with E-state index in [1.807, 2.05) is 36.4 Å². The first-order valence-corrected chi connectivity index (χ1v) is 8.30. The van der Waals surface area contributed by atoms with Gasteiger partial charge in [0.05, 0.1) is 6.61 Å². The number of halogens is 1. The summed E-state index contributed by atoms with van der Waals surface area (Å²) < 4.78 is 30.3. The van der Waals surface area contributed by atoms with Crippen molar-refractivity contribution in [2.75, 3.05) is 19.7 Å². The SMILES string of the molecule is Fc1ccc(C2CCNCC2COC2Oc3ccccc3O2)cc1. The van der Waals surface area contributed by atoms with Crippen LogP contribution in [-0.4, -0.2) is 26.2 Å². The van der Waals surface area contributed by atoms with Crippen molar-refractivity contribution in [3.8, 4) is 11.5 Å². The quantitative estimate of drug-likeness (QED) is 0.934. The van der Waals surface area contributed by atoms with E-state index in [1.165, 1.54) is 12.1 Å². The highest BCUT2D eigenvalue weighted by atomic mass is 19.1. The second kappa shape index (κ2) is 6.79. The Balaban J connectivity index is 1.39. The number of para-hydroxylation sites is 2. The van der Waals surface area contributed by atoms with E-state index < -0.39 is 6.48 Å². The number of ether oxygens (including phenoxy) is 3. The molecule has 0 saturated carbocycles. The first-order valence-electron chi connectivity index (χ1n) is 8.30. The highest BCUT2D eigenvalue weighted by molar-refractivity contribution is 5.41. The molecule has 126 valence electrons. The predicted molar refractivity (Wildman–Crippen MR) is 87.6 cm³/mol. The van der Waals surface area contributed by atoms with Crippen molar-refractivity contribution < 1.29 is 18.6 Å². The Morgan fingerprint density at radius 1 is 1.04 bits per heavy atom. The monoisotopic (exact) mass is 329 g/mol. The molecule has 5 heteroatoms. The van der Waals surface area contributed by atoms with Crippen LogP contribution < -0.4 is 14.8 Å². The summed E-state index contributed by atoms with van der Waals surface area (Å²) >= 11 is 0. The Morgan fingerprint density at radius 2 is 1.75 bits per heavy atom. The highest BCUT2D eigenvalue weighted by Crippen LogP contribution is 2.35. The third-order valence-corrected chi connectivity index (χ3v) is 4.65. The van der Waals surface area contributed by atoms with Crippen molar-refractivity contribution in [1.82, 2.24) is 5.32 Å². The average Bonchev–Trinajstić information content (AvgIpc) is 3.04. The van der Waals surface area contributed by atoms with Crippen LogP contribution in [0.1, 0.15) is 17.9 Å². The van der Waals surface area contributed by atoms with E-state index in [0.29, 0.717) is 29.9 Å². The van der Waals surface area contributed by atoms with Crippen molar-refractivity contribution in [1.29, 1.82) is 0 Å². The number of hydrogen-bond acceptors (Lipinski definition) is 4. The fourth-order valence-electron chi connectivity index (χ4n) is 3.39. The average molecular weight is 329 g/mol. The number of nitrogens with one attached hydrogen (secondary N) is 1. The molecule has 4 nitrogen and oxygen atoms in total. The van der Waals surface area contributed by atoms with Gasteiger partial charge in [-0.2, -0.15) is 0 Å². The Labute approximate surface area is 140 Å². The zero-order valence-electron chi connectivity index (χ0n) is 13.3. The molecule has 0 aliphatic carbocycles. The maximum absolute atomic E-state index is 13.2. The molecule has 0 radical (unpaired) electrons. The van der Waals surface area contributed by atoms with Gasteiger partial charge in [0.2, 0.25) is 0 Å². The van der Waals surface area contributed by atoms with Gasteiger partial charge in [-0.05, 0) is 48.7 Å². The molecule has 2 aliphatic rings. The van der Waals surface area contributed by atoms with E-state index >= 15 is 0 Å². The molecule has 2 unspecified atom stereocenters. The van der Waals surface area contributed by atoms with E-state index in [1.54, 1.807) is 0 Å². The van der Waals surface area contributed by atoms with Crippen LogP contribution in [0.15, 0.2) is 48.5 Å². The first-order chi connectivity index (χ1) is 11.8. The van der Waals surface area contributed by atoms with Crippen LogP contribution in [0.2, 0.25) is 0 Å². The minimum Gasteiger partial charge on any atom is -0.428 e.